The monoisotopic (exact) mass is 489 g/mol. The van der Waals surface area contributed by atoms with E-state index in [0.29, 0.717) is 5.41 Å². The molecule has 1 aromatic rings. The molecule has 3 atom stereocenters. The number of carbonyl (C=O) groups excluding carboxylic acids is 1. The highest BCUT2D eigenvalue weighted by Gasteiger charge is 2.47. The molecule has 3 saturated heterocycles. The molecule has 1 spiro atoms. The van der Waals surface area contributed by atoms with Gasteiger partial charge in [0.1, 0.15) is 0 Å². The molecule has 190 valence electrons. The largest absolute Gasteiger partial charge is 0.324 e. The van der Waals surface area contributed by atoms with Crippen LogP contribution in [0.5, 0.6) is 0 Å². The second kappa shape index (κ2) is 9.81. The molecule has 34 heavy (non-hydrogen) atoms. The average molecular weight is 490 g/mol. The Balaban J connectivity index is 0.00000289. The van der Waals surface area contributed by atoms with Crippen LogP contribution >= 0.6 is 0 Å². The fraction of sp³-hybridized carbons (Fsp3) is 0.741. The summed E-state index contributed by atoms with van der Waals surface area (Å²) in [5.74, 6) is 1.26. The zero-order chi connectivity index (χ0) is 23.8. The van der Waals surface area contributed by atoms with Gasteiger partial charge in [0.25, 0.3) is 0 Å². The lowest BCUT2D eigenvalue weighted by molar-refractivity contribution is 0.0241. The summed E-state index contributed by atoms with van der Waals surface area (Å²) in [6.07, 6.45) is 10.6. The van der Waals surface area contributed by atoms with Crippen molar-refractivity contribution < 1.29 is 14.6 Å². The van der Waals surface area contributed by atoms with Crippen LogP contribution in [0.1, 0.15) is 77.7 Å². The van der Waals surface area contributed by atoms with Crippen molar-refractivity contribution >= 4 is 15.9 Å². The standard InChI is InChI=1S/C27H41N3O3S.H2/c1-2-8-22-11-15-29(20-27(22)13-6-7-14-27)26(31)30-16-12-23(28-24-18-34(32,33)19-24)17-25(30)21-9-4-3-5-10-21;/h3-5,9-10,22-25,28H,2,6-8,11-20H2,1H3;1H/t22-,23+,25+;/m1./s1. The van der Waals surface area contributed by atoms with E-state index in [9.17, 15) is 13.2 Å². The molecule has 0 aromatic heterocycles. The maximum atomic E-state index is 14.0. The molecule has 2 amide bonds. The highest BCUT2D eigenvalue weighted by molar-refractivity contribution is 7.92. The van der Waals surface area contributed by atoms with Crippen molar-refractivity contribution in [3.05, 3.63) is 35.9 Å². The van der Waals surface area contributed by atoms with Gasteiger partial charge in [-0.05, 0) is 49.0 Å². The third-order valence-electron chi connectivity index (χ3n) is 9.04. The quantitative estimate of drug-likeness (QED) is 0.655. The van der Waals surface area contributed by atoms with Gasteiger partial charge in [0, 0.05) is 33.1 Å². The van der Waals surface area contributed by atoms with Crippen LogP contribution in [0.2, 0.25) is 0 Å². The van der Waals surface area contributed by atoms with Gasteiger partial charge in [-0.25, -0.2) is 13.2 Å². The molecule has 4 fully saturated rings. The number of nitrogens with one attached hydrogen (secondary N) is 1. The maximum Gasteiger partial charge on any atom is 0.320 e. The number of hydrogen-bond donors (Lipinski definition) is 1. The zero-order valence-electron chi connectivity index (χ0n) is 20.6. The number of rotatable bonds is 5. The van der Waals surface area contributed by atoms with Crippen molar-refractivity contribution in [1.29, 1.82) is 0 Å². The summed E-state index contributed by atoms with van der Waals surface area (Å²) >= 11 is 0. The summed E-state index contributed by atoms with van der Waals surface area (Å²) < 4.78 is 23.2. The van der Waals surface area contributed by atoms with Gasteiger partial charge in [-0.3, -0.25) is 0 Å². The van der Waals surface area contributed by atoms with E-state index in [-0.39, 0.29) is 37.1 Å². The van der Waals surface area contributed by atoms with Crippen LogP contribution in [-0.2, 0) is 9.84 Å². The third kappa shape index (κ3) is 4.88. The van der Waals surface area contributed by atoms with E-state index < -0.39 is 9.84 Å². The molecule has 3 aliphatic heterocycles. The topological polar surface area (TPSA) is 69.7 Å². The molecule has 0 bridgehead atoms. The SMILES string of the molecule is CCC[C@@H]1CCN(C(=O)N2CC[C@H](NC3CS(=O)(=O)C3)C[C@H]2c2ccccc2)CC12CCCC2.[HH]. The Morgan fingerprint density at radius 2 is 1.82 bits per heavy atom. The Morgan fingerprint density at radius 1 is 1.09 bits per heavy atom. The molecular weight excluding hydrogens is 446 g/mol. The second-order valence-electron chi connectivity index (χ2n) is 11.3. The number of piperidine rings is 2. The molecule has 1 saturated carbocycles. The van der Waals surface area contributed by atoms with E-state index in [0.717, 1.165) is 44.8 Å². The molecule has 1 N–H and O–H groups in total. The van der Waals surface area contributed by atoms with Crippen molar-refractivity contribution in [3.63, 3.8) is 0 Å². The van der Waals surface area contributed by atoms with Crippen LogP contribution in [0.4, 0.5) is 4.79 Å². The van der Waals surface area contributed by atoms with Gasteiger partial charge in [0.15, 0.2) is 9.84 Å². The Bertz CT molecular complexity index is 955. The highest BCUT2D eigenvalue weighted by Crippen LogP contribution is 2.50. The Kier molecular flexibility index (Phi) is 6.95. The number of carbonyl (C=O) groups is 1. The van der Waals surface area contributed by atoms with Crippen molar-refractivity contribution in [2.75, 3.05) is 31.1 Å². The summed E-state index contributed by atoms with van der Waals surface area (Å²) in [5, 5.41) is 3.58. The van der Waals surface area contributed by atoms with E-state index in [1.54, 1.807) is 0 Å². The fourth-order valence-corrected chi connectivity index (χ4v) is 8.65. The predicted octanol–water partition coefficient (Wildman–Crippen LogP) is 4.63. The van der Waals surface area contributed by atoms with E-state index in [2.05, 4.69) is 46.3 Å². The summed E-state index contributed by atoms with van der Waals surface area (Å²) in [4.78, 5) is 18.3. The molecule has 3 heterocycles. The predicted molar refractivity (Wildman–Crippen MR) is 137 cm³/mol. The van der Waals surface area contributed by atoms with Crippen LogP contribution in [-0.4, -0.2) is 67.5 Å². The minimum absolute atomic E-state index is 0. The number of amides is 2. The van der Waals surface area contributed by atoms with Crippen molar-refractivity contribution in [2.45, 2.75) is 82.8 Å². The van der Waals surface area contributed by atoms with Crippen molar-refractivity contribution in [2.24, 2.45) is 11.3 Å². The van der Waals surface area contributed by atoms with Crippen LogP contribution in [0.25, 0.3) is 0 Å². The van der Waals surface area contributed by atoms with Gasteiger partial charge in [-0.15, -0.1) is 0 Å². The summed E-state index contributed by atoms with van der Waals surface area (Å²) in [6.45, 7) is 4.82. The number of hydrogen-bond acceptors (Lipinski definition) is 4. The van der Waals surface area contributed by atoms with Crippen LogP contribution in [0, 0.1) is 11.3 Å². The summed E-state index contributed by atoms with van der Waals surface area (Å²) in [5.41, 5.74) is 1.52. The number of benzene rings is 1. The first-order chi connectivity index (χ1) is 16.4. The van der Waals surface area contributed by atoms with E-state index >= 15 is 0 Å². The molecule has 1 aromatic carbocycles. The molecule has 7 heteroatoms. The van der Waals surface area contributed by atoms with Crippen LogP contribution in [0.3, 0.4) is 0 Å². The Hall–Kier alpha value is -1.60. The fourth-order valence-electron chi connectivity index (χ4n) is 7.33. The number of urea groups is 1. The highest BCUT2D eigenvalue weighted by atomic mass is 32.2. The normalized spacial score (nSPS) is 30.9. The van der Waals surface area contributed by atoms with Crippen LogP contribution in [0.15, 0.2) is 30.3 Å². The Morgan fingerprint density at radius 3 is 2.50 bits per heavy atom. The summed E-state index contributed by atoms with van der Waals surface area (Å²) in [6, 6.07) is 10.9. The molecule has 6 nitrogen and oxygen atoms in total. The van der Waals surface area contributed by atoms with Gasteiger partial charge in [-0.2, -0.15) is 0 Å². The first kappa shape index (κ1) is 24.1. The minimum atomic E-state index is -2.84. The molecule has 4 aliphatic rings. The van der Waals surface area contributed by atoms with E-state index in [4.69, 9.17) is 0 Å². The van der Waals surface area contributed by atoms with Gasteiger partial charge < -0.3 is 15.1 Å². The zero-order valence-corrected chi connectivity index (χ0v) is 21.4. The third-order valence-corrected chi connectivity index (χ3v) is 10.9. The van der Waals surface area contributed by atoms with Gasteiger partial charge in [-0.1, -0.05) is 62.9 Å². The molecule has 0 radical (unpaired) electrons. The second-order valence-corrected chi connectivity index (χ2v) is 13.5. The van der Waals surface area contributed by atoms with Crippen LogP contribution < -0.4 is 5.32 Å². The molecular formula is C27H43N3O3S. The van der Waals surface area contributed by atoms with Gasteiger partial charge in [0.05, 0.1) is 17.5 Å². The van der Waals surface area contributed by atoms with Gasteiger partial charge >= 0.3 is 6.03 Å². The van der Waals surface area contributed by atoms with E-state index in [1.807, 2.05) is 6.07 Å². The molecule has 1 aliphatic carbocycles. The number of nitrogens with zero attached hydrogens (tertiary/aromatic N) is 2. The lowest BCUT2D eigenvalue weighted by atomic mass is 9.68. The van der Waals surface area contributed by atoms with Gasteiger partial charge in [0.2, 0.25) is 0 Å². The lowest BCUT2D eigenvalue weighted by Crippen LogP contribution is -2.59. The number of sulfone groups is 1. The first-order valence-corrected chi connectivity index (χ1v) is 15.3. The smallest absolute Gasteiger partial charge is 0.320 e. The summed E-state index contributed by atoms with van der Waals surface area (Å²) in [7, 11) is -2.84. The Labute approximate surface area is 206 Å². The maximum absolute atomic E-state index is 14.0. The van der Waals surface area contributed by atoms with E-state index in [1.165, 1.54) is 44.1 Å². The van der Waals surface area contributed by atoms with Crippen molar-refractivity contribution in [3.8, 4) is 0 Å². The number of likely N-dealkylation sites (tertiary alicyclic amines) is 2. The lowest BCUT2D eigenvalue weighted by Gasteiger charge is -2.50. The average Bonchev–Trinajstić information content (AvgIpc) is 3.28. The minimum Gasteiger partial charge on any atom is -0.324 e. The molecule has 5 rings (SSSR count). The van der Waals surface area contributed by atoms with Crippen molar-refractivity contribution in [1.82, 2.24) is 15.1 Å². The first-order valence-electron chi connectivity index (χ1n) is 13.5. The molecule has 0 unspecified atom stereocenters.